The maximum atomic E-state index is 12.8. The van der Waals surface area contributed by atoms with Crippen LogP contribution in [0.1, 0.15) is 36.7 Å². The lowest BCUT2D eigenvalue weighted by molar-refractivity contribution is -0.125. The number of carbonyl (C=O) groups is 2. The fraction of sp³-hybridized carbons (Fsp3) is 0.231. The fourth-order valence-corrected chi connectivity index (χ4v) is 3.72. The Hall–Kier alpha value is -3.40. The zero-order valence-corrected chi connectivity index (χ0v) is 17.6. The Labute approximate surface area is 177 Å². The number of benzene rings is 3. The van der Waals surface area contributed by atoms with E-state index in [1.54, 1.807) is 0 Å². The Morgan fingerprint density at radius 1 is 0.867 bits per heavy atom. The van der Waals surface area contributed by atoms with Gasteiger partial charge >= 0.3 is 0 Å². The van der Waals surface area contributed by atoms with Gasteiger partial charge in [0.05, 0.1) is 0 Å². The van der Waals surface area contributed by atoms with Crippen LogP contribution in [0.15, 0.2) is 72.8 Å². The molecule has 0 bridgehead atoms. The first-order valence-corrected chi connectivity index (χ1v) is 10.2. The molecule has 0 radical (unpaired) electrons. The number of amides is 2. The van der Waals surface area contributed by atoms with Gasteiger partial charge in [0.15, 0.2) is 0 Å². The van der Waals surface area contributed by atoms with Crippen LogP contribution >= 0.6 is 0 Å². The second kappa shape index (κ2) is 7.79. The van der Waals surface area contributed by atoms with Crippen LogP contribution < -0.4 is 10.2 Å². The Morgan fingerprint density at radius 3 is 2.20 bits per heavy atom. The molecule has 2 amide bonds. The van der Waals surface area contributed by atoms with E-state index in [0.717, 1.165) is 28.8 Å². The number of anilines is 2. The average Bonchev–Trinajstić information content (AvgIpc) is 3.16. The van der Waals surface area contributed by atoms with Crippen LogP contribution in [-0.2, 0) is 11.2 Å². The molecule has 1 heterocycles. The van der Waals surface area contributed by atoms with Crippen LogP contribution in [0.25, 0.3) is 11.1 Å². The van der Waals surface area contributed by atoms with E-state index in [-0.39, 0.29) is 11.8 Å². The minimum Gasteiger partial charge on any atom is -0.322 e. The van der Waals surface area contributed by atoms with Crippen molar-refractivity contribution in [1.29, 1.82) is 0 Å². The van der Waals surface area contributed by atoms with Crippen molar-refractivity contribution < 1.29 is 9.59 Å². The van der Waals surface area contributed by atoms with Gasteiger partial charge in [-0.3, -0.25) is 9.59 Å². The molecule has 0 atom stereocenters. The normalized spacial score (nSPS) is 13.1. The van der Waals surface area contributed by atoms with Crippen molar-refractivity contribution in [3.05, 3.63) is 83.9 Å². The van der Waals surface area contributed by atoms with E-state index >= 15 is 0 Å². The summed E-state index contributed by atoms with van der Waals surface area (Å²) >= 11 is 0. The second-order valence-electron chi connectivity index (χ2n) is 8.70. The lowest BCUT2D eigenvalue weighted by Crippen LogP contribution is -2.38. The molecule has 4 nitrogen and oxygen atoms in total. The zero-order valence-electron chi connectivity index (χ0n) is 17.6. The number of rotatable bonds is 3. The molecule has 4 rings (SSSR count). The van der Waals surface area contributed by atoms with Gasteiger partial charge in [-0.2, -0.15) is 0 Å². The predicted octanol–water partition coefficient (Wildman–Crippen LogP) is 5.54. The van der Waals surface area contributed by atoms with E-state index in [1.807, 2.05) is 98.5 Å². The van der Waals surface area contributed by atoms with Crippen molar-refractivity contribution in [2.45, 2.75) is 27.2 Å². The summed E-state index contributed by atoms with van der Waals surface area (Å²) in [6.45, 7) is 6.47. The summed E-state index contributed by atoms with van der Waals surface area (Å²) in [5.74, 6) is -0.0671. The number of nitrogens with zero attached hydrogens (tertiary/aromatic N) is 1. The first-order valence-electron chi connectivity index (χ1n) is 10.2. The summed E-state index contributed by atoms with van der Waals surface area (Å²) in [6.07, 6.45) is 0.840. The molecular weight excluding hydrogens is 372 g/mol. The van der Waals surface area contributed by atoms with Gasteiger partial charge in [0.25, 0.3) is 5.91 Å². The molecule has 1 aliphatic rings. The van der Waals surface area contributed by atoms with Crippen LogP contribution in [0.3, 0.4) is 0 Å². The van der Waals surface area contributed by atoms with E-state index < -0.39 is 5.41 Å². The van der Waals surface area contributed by atoms with Gasteiger partial charge in [0.1, 0.15) is 0 Å². The maximum Gasteiger partial charge on any atom is 0.255 e. The fourth-order valence-electron chi connectivity index (χ4n) is 3.72. The van der Waals surface area contributed by atoms with Crippen molar-refractivity contribution >= 4 is 23.2 Å². The lowest BCUT2D eigenvalue weighted by Gasteiger charge is -2.26. The molecule has 0 spiro atoms. The van der Waals surface area contributed by atoms with Crippen molar-refractivity contribution in [2.75, 3.05) is 16.8 Å². The molecule has 0 aliphatic carbocycles. The van der Waals surface area contributed by atoms with Gasteiger partial charge in [0.2, 0.25) is 5.91 Å². The van der Waals surface area contributed by atoms with E-state index in [1.165, 1.54) is 0 Å². The van der Waals surface area contributed by atoms with E-state index in [0.29, 0.717) is 17.8 Å². The molecule has 3 aromatic rings. The van der Waals surface area contributed by atoms with Gasteiger partial charge in [-0.25, -0.2) is 0 Å². The number of nitrogens with one attached hydrogen (secondary N) is 1. The van der Waals surface area contributed by atoms with E-state index in [4.69, 9.17) is 0 Å². The molecule has 0 aromatic heterocycles. The molecular formula is C26H26N2O2. The van der Waals surface area contributed by atoms with Gasteiger partial charge < -0.3 is 10.2 Å². The highest BCUT2D eigenvalue weighted by molar-refractivity contribution is 6.05. The summed E-state index contributed by atoms with van der Waals surface area (Å²) in [6, 6.07) is 23.5. The molecule has 30 heavy (non-hydrogen) atoms. The van der Waals surface area contributed by atoms with Crippen LogP contribution in [0.5, 0.6) is 0 Å². The highest BCUT2D eigenvalue weighted by atomic mass is 16.2. The van der Waals surface area contributed by atoms with Gasteiger partial charge in [-0.1, -0.05) is 69.3 Å². The van der Waals surface area contributed by atoms with Gasteiger partial charge in [-0.05, 0) is 47.4 Å². The lowest BCUT2D eigenvalue weighted by atomic mass is 9.94. The predicted molar refractivity (Wildman–Crippen MR) is 122 cm³/mol. The molecule has 0 saturated carbocycles. The van der Waals surface area contributed by atoms with Gasteiger partial charge in [0, 0.05) is 28.9 Å². The number of carbonyl (C=O) groups excluding carboxylic acids is 2. The molecule has 3 aromatic carbocycles. The second-order valence-corrected chi connectivity index (χ2v) is 8.70. The summed E-state index contributed by atoms with van der Waals surface area (Å²) in [4.78, 5) is 27.4. The molecule has 1 N–H and O–H groups in total. The Bertz CT molecular complexity index is 1080. The minimum atomic E-state index is -0.443. The van der Waals surface area contributed by atoms with Crippen LogP contribution in [-0.4, -0.2) is 18.4 Å². The molecule has 0 fully saturated rings. The number of hydrogen-bond acceptors (Lipinski definition) is 2. The summed E-state index contributed by atoms with van der Waals surface area (Å²) in [5.41, 5.74) is 5.07. The smallest absolute Gasteiger partial charge is 0.255 e. The highest BCUT2D eigenvalue weighted by Crippen LogP contribution is 2.34. The first-order chi connectivity index (χ1) is 14.3. The van der Waals surface area contributed by atoms with Crippen molar-refractivity contribution in [1.82, 2.24) is 0 Å². The monoisotopic (exact) mass is 398 g/mol. The van der Waals surface area contributed by atoms with Gasteiger partial charge in [-0.15, -0.1) is 0 Å². The summed E-state index contributed by atoms with van der Waals surface area (Å²) < 4.78 is 0. The summed E-state index contributed by atoms with van der Waals surface area (Å²) in [5, 5.41) is 2.97. The van der Waals surface area contributed by atoms with Crippen molar-refractivity contribution in [2.24, 2.45) is 5.41 Å². The Kier molecular flexibility index (Phi) is 5.17. The third-order valence-electron chi connectivity index (χ3n) is 5.38. The average molecular weight is 399 g/mol. The van der Waals surface area contributed by atoms with Crippen LogP contribution in [0, 0.1) is 5.41 Å². The number of fused-ring (bicyclic) bond motifs is 1. The molecule has 0 saturated heterocycles. The largest absolute Gasteiger partial charge is 0.322 e. The quantitative estimate of drug-likeness (QED) is 0.630. The molecule has 152 valence electrons. The van der Waals surface area contributed by atoms with E-state index in [2.05, 4.69) is 5.32 Å². The third kappa shape index (κ3) is 3.99. The Balaban J connectivity index is 1.51. The zero-order chi connectivity index (χ0) is 21.3. The SMILES string of the molecule is CC(C)(C)C(=O)N1CCc2ccc(NC(=O)c3ccc(-c4ccccc4)cc3)cc21. The van der Waals surface area contributed by atoms with Crippen LogP contribution in [0.2, 0.25) is 0 Å². The van der Waals surface area contributed by atoms with Crippen LogP contribution in [0.4, 0.5) is 11.4 Å². The number of hydrogen-bond donors (Lipinski definition) is 1. The van der Waals surface area contributed by atoms with E-state index in [9.17, 15) is 9.59 Å². The maximum absolute atomic E-state index is 12.8. The standard InChI is InChI=1S/C26H26N2O2/c1-26(2,3)25(30)28-16-15-20-13-14-22(17-23(20)28)27-24(29)21-11-9-19(10-12-21)18-7-5-4-6-8-18/h4-14,17H,15-16H2,1-3H3,(H,27,29). The van der Waals surface area contributed by atoms with Crippen molar-refractivity contribution in [3.8, 4) is 11.1 Å². The van der Waals surface area contributed by atoms with Crippen molar-refractivity contribution in [3.63, 3.8) is 0 Å². The minimum absolute atomic E-state index is 0.0984. The Morgan fingerprint density at radius 2 is 1.53 bits per heavy atom. The highest BCUT2D eigenvalue weighted by Gasteiger charge is 2.32. The molecule has 1 aliphatic heterocycles. The first kappa shape index (κ1) is 19.9. The molecule has 0 unspecified atom stereocenters. The summed E-state index contributed by atoms with van der Waals surface area (Å²) in [7, 11) is 0. The topological polar surface area (TPSA) is 49.4 Å². The third-order valence-corrected chi connectivity index (χ3v) is 5.38. The molecule has 4 heteroatoms.